The van der Waals surface area contributed by atoms with E-state index in [1.165, 1.54) is 13.3 Å². The number of anilines is 1. The van der Waals surface area contributed by atoms with Gasteiger partial charge in [-0.25, -0.2) is 18.1 Å². The van der Waals surface area contributed by atoms with Gasteiger partial charge in [-0.05, 0) is 32.4 Å². The van der Waals surface area contributed by atoms with E-state index in [9.17, 15) is 8.42 Å². The Kier molecular flexibility index (Phi) is 5.91. The van der Waals surface area contributed by atoms with Crippen molar-refractivity contribution in [2.75, 3.05) is 25.6 Å². The van der Waals surface area contributed by atoms with E-state index in [4.69, 9.17) is 4.74 Å². The van der Waals surface area contributed by atoms with Crippen LogP contribution in [-0.2, 0) is 14.8 Å². The summed E-state index contributed by atoms with van der Waals surface area (Å²) in [6.07, 6.45) is 2.37. The summed E-state index contributed by atoms with van der Waals surface area (Å²) in [5, 5.41) is 3.09. The normalized spacial score (nSPS) is 12.4. The lowest BCUT2D eigenvalue weighted by atomic mass is 10.1. The van der Waals surface area contributed by atoms with E-state index in [1.54, 1.807) is 26.0 Å². The van der Waals surface area contributed by atoms with E-state index in [0.717, 1.165) is 6.42 Å². The van der Waals surface area contributed by atoms with Crippen LogP contribution in [0.5, 0.6) is 0 Å². The lowest BCUT2D eigenvalue weighted by Gasteiger charge is -2.25. The number of nitrogens with one attached hydrogen (secondary N) is 2. The van der Waals surface area contributed by atoms with Gasteiger partial charge in [-0.1, -0.05) is 6.92 Å². The summed E-state index contributed by atoms with van der Waals surface area (Å²) in [6.45, 7) is 6.50. The number of nitrogens with zero attached hydrogens (tertiary/aromatic N) is 1. The number of ether oxygens (including phenoxy) is 1. The van der Waals surface area contributed by atoms with E-state index in [2.05, 4.69) is 15.0 Å². The predicted molar refractivity (Wildman–Crippen MR) is 79.3 cm³/mol. The summed E-state index contributed by atoms with van der Waals surface area (Å²) in [7, 11) is -2.17. The maximum atomic E-state index is 12.4. The van der Waals surface area contributed by atoms with Crippen LogP contribution in [0.15, 0.2) is 23.4 Å². The average Bonchev–Trinajstić information content (AvgIpc) is 2.35. The topological polar surface area (TPSA) is 80.3 Å². The van der Waals surface area contributed by atoms with Gasteiger partial charge in [-0.2, -0.15) is 0 Å². The summed E-state index contributed by atoms with van der Waals surface area (Å²) in [5.74, 6) is 0. The zero-order valence-electron chi connectivity index (χ0n) is 12.4. The number of rotatable bonds is 8. The number of aromatic nitrogens is 1. The molecule has 114 valence electrons. The van der Waals surface area contributed by atoms with Crippen LogP contribution in [0.25, 0.3) is 0 Å². The second-order valence-electron chi connectivity index (χ2n) is 5.21. The van der Waals surface area contributed by atoms with Gasteiger partial charge in [0.1, 0.15) is 0 Å². The first-order valence-electron chi connectivity index (χ1n) is 6.54. The summed E-state index contributed by atoms with van der Waals surface area (Å²) in [6, 6.07) is 3.41. The molecule has 0 aromatic carbocycles. The fourth-order valence-corrected chi connectivity index (χ4v) is 3.31. The molecule has 0 aliphatic carbocycles. The third-order valence-electron chi connectivity index (χ3n) is 2.51. The Morgan fingerprint density at radius 3 is 2.70 bits per heavy atom. The van der Waals surface area contributed by atoms with Gasteiger partial charge in [0.15, 0.2) is 5.03 Å². The highest BCUT2D eigenvalue weighted by atomic mass is 32.2. The highest BCUT2D eigenvalue weighted by Crippen LogP contribution is 2.19. The Labute approximate surface area is 121 Å². The third kappa shape index (κ3) is 4.73. The Bertz CT molecular complexity index is 529. The first-order chi connectivity index (χ1) is 9.32. The molecule has 0 saturated carbocycles. The van der Waals surface area contributed by atoms with Crippen molar-refractivity contribution in [1.29, 1.82) is 0 Å². The largest absolute Gasteiger partial charge is 0.383 e. The molecule has 1 aromatic rings. The van der Waals surface area contributed by atoms with Crippen molar-refractivity contribution in [1.82, 2.24) is 9.71 Å². The van der Waals surface area contributed by atoms with E-state index in [-0.39, 0.29) is 11.6 Å². The second kappa shape index (κ2) is 7.01. The molecule has 2 N–H and O–H groups in total. The molecule has 20 heavy (non-hydrogen) atoms. The van der Waals surface area contributed by atoms with Gasteiger partial charge in [0.2, 0.25) is 0 Å². The fraction of sp³-hybridized carbons (Fsp3) is 0.615. The quantitative estimate of drug-likeness (QED) is 0.762. The molecular formula is C13H23N3O3S. The first kappa shape index (κ1) is 16.9. The molecular weight excluding hydrogens is 278 g/mol. The highest BCUT2D eigenvalue weighted by molar-refractivity contribution is 7.89. The molecule has 0 aliphatic heterocycles. The van der Waals surface area contributed by atoms with Crippen molar-refractivity contribution in [3.63, 3.8) is 0 Å². The molecule has 0 unspecified atom stereocenters. The third-order valence-corrected chi connectivity index (χ3v) is 4.16. The second-order valence-corrected chi connectivity index (χ2v) is 6.80. The van der Waals surface area contributed by atoms with Gasteiger partial charge in [0.25, 0.3) is 10.0 Å². The molecule has 0 saturated heterocycles. The van der Waals surface area contributed by atoms with Gasteiger partial charge >= 0.3 is 0 Å². The number of pyridine rings is 1. The molecule has 0 aliphatic rings. The minimum atomic E-state index is -3.70. The monoisotopic (exact) mass is 301 g/mol. The van der Waals surface area contributed by atoms with Crippen LogP contribution in [0.1, 0.15) is 27.2 Å². The maximum absolute atomic E-state index is 12.4. The van der Waals surface area contributed by atoms with Crippen LogP contribution in [-0.4, -0.2) is 39.2 Å². The van der Waals surface area contributed by atoms with Gasteiger partial charge < -0.3 is 10.1 Å². The fourth-order valence-electron chi connectivity index (χ4n) is 1.80. The van der Waals surface area contributed by atoms with E-state index in [1.807, 2.05) is 6.92 Å². The van der Waals surface area contributed by atoms with Crippen LogP contribution in [0, 0.1) is 0 Å². The summed E-state index contributed by atoms with van der Waals surface area (Å²) < 4.78 is 32.5. The Balaban J connectivity index is 3.03. The molecule has 0 fully saturated rings. The molecule has 0 bridgehead atoms. The molecule has 7 heteroatoms. The molecule has 1 heterocycles. The molecule has 0 amide bonds. The van der Waals surface area contributed by atoms with Gasteiger partial charge in [0.05, 0.1) is 17.8 Å². The summed E-state index contributed by atoms with van der Waals surface area (Å²) >= 11 is 0. The number of methoxy groups -OCH3 is 1. The molecule has 1 rings (SSSR count). The van der Waals surface area contributed by atoms with E-state index < -0.39 is 15.6 Å². The minimum absolute atomic E-state index is 0.0117. The van der Waals surface area contributed by atoms with Gasteiger partial charge in [-0.3, -0.25) is 0 Å². The van der Waals surface area contributed by atoms with Crippen molar-refractivity contribution in [2.24, 2.45) is 0 Å². The van der Waals surface area contributed by atoms with E-state index in [0.29, 0.717) is 12.2 Å². The van der Waals surface area contributed by atoms with Crippen LogP contribution in [0.2, 0.25) is 0 Å². The smallest absolute Gasteiger partial charge is 0.260 e. The van der Waals surface area contributed by atoms with Crippen LogP contribution < -0.4 is 10.0 Å². The maximum Gasteiger partial charge on any atom is 0.260 e. The van der Waals surface area contributed by atoms with Gasteiger partial charge in [0, 0.05) is 19.9 Å². The van der Waals surface area contributed by atoms with Crippen molar-refractivity contribution < 1.29 is 13.2 Å². The average molecular weight is 301 g/mol. The predicted octanol–water partition coefficient (Wildman–Crippen LogP) is 1.61. The molecule has 6 nitrogen and oxygen atoms in total. The standard InChI is InChI=1S/C13H23N3O3S/c1-5-8-14-11-7-6-9-15-12(11)20(17,18)16-13(2,3)10-19-4/h6-7,9,14,16H,5,8,10H2,1-4H3. The number of sulfonamides is 1. The molecule has 1 aromatic heterocycles. The van der Waals surface area contributed by atoms with Crippen molar-refractivity contribution in [3.05, 3.63) is 18.3 Å². The molecule has 0 radical (unpaired) electrons. The Morgan fingerprint density at radius 1 is 1.40 bits per heavy atom. The number of hydrogen-bond acceptors (Lipinski definition) is 5. The first-order valence-corrected chi connectivity index (χ1v) is 8.02. The van der Waals surface area contributed by atoms with Gasteiger partial charge in [-0.15, -0.1) is 0 Å². The summed E-state index contributed by atoms with van der Waals surface area (Å²) in [4.78, 5) is 3.99. The van der Waals surface area contributed by atoms with Crippen molar-refractivity contribution in [3.8, 4) is 0 Å². The lowest BCUT2D eigenvalue weighted by molar-refractivity contribution is 0.141. The van der Waals surface area contributed by atoms with Crippen LogP contribution in [0.3, 0.4) is 0 Å². The van der Waals surface area contributed by atoms with Crippen molar-refractivity contribution in [2.45, 2.75) is 37.8 Å². The Hall–Kier alpha value is -1.18. The van der Waals surface area contributed by atoms with Crippen LogP contribution >= 0.6 is 0 Å². The number of hydrogen-bond donors (Lipinski definition) is 2. The summed E-state index contributed by atoms with van der Waals surface area (Å²) in [5.41, 5.74) is -0.192. The zero-order chi connectivity index (χ0) is 15.2. The Morgan fingerprint density at radius 2 is 2.10 bits per heavy atom. The molecule has 0 atom stereocenters. The highest BCUT2D eigenvalue weighted by Gasteiger charge is 2.28. The van der Waals surface area contributed by atoms with Crippen molar-refractivity contribution >= 4 is 15.7 Å². The van der Waals surface area contributed by atoms with Crippen LogP contribution in [0.4, 0.5) is 5.69 Å². The molecule has 0 spiro atoms. The lowest BCUT2D eigenvalue weighted by Crippen LogP contribution is -2.47. The zero-order valence-corrected chi connectivity index (χ0v) is 13.3. The SMILES string of the molecule is CCCNc1cccnc1S(=O)(=O)NC(C)(C)COC. The van der Waals surface area contributed by atoms with E-state index >= 15 is 0 Å². The minimum Gasteiger partial charge on any atom is -0.383 e.